The molecule has 1 heterocycles. The zero-order valence-corrected chi connectivity index (χ0v) is 8.19. The highest BCUT2D eigenvalue weighted by atomic mass is 16.1. The minimum Gasteiger partial charge on any atom is -0.289 e. The molecule has 0 saturated carbocycles. The lowest BCUT2D eigenvalue weighted by atomic mass is 10.0. The van der Waals surface area contributed by atoms with E-state index in [9.17, 15) is 4.79 Å². The number of ketones is 1. The van der Waals surface area contributed by atoms with Gasteiger partial charge in [0.15, 0.2) is 5.78 Å². The topological polar surface area (TPSA) is 77.5 Å². The highest BCUT2D eigenvalue weighted by Crippen LogP contribution is 2.36. The summed E-state index contributed by atoms with van der Waals surface area (Å²) in [5.41, 5.74) is 1.33. The van der Waals surface area contributed by atoms with Crippen LogP contribution in [0.1, 0.15) is 15.9 Å². The summed E-state index contributed by atoms with van der Waals surface area (Å²) in [6.07, 6.45) is 2.96. The number of fused-ring (bicyclic) bond motifs is 1. The van der Waals surface area contributed by atoms with E-state index in [4.69, 9.17) is 10.5 Å². The highest BCUT2D eigenvalue weighted by Gasteiger charge is 2.30. The molecule has 0 bridgehead atoms. The molecule has 0 aromatic carbocycles. The van der Waals surface area contributed by atoms with Crippen LogP contribution in [-0.4, -0.2) is 10.8 Å². The fourth-order valence-corrected chi connectivity index (χ4v) is 1.65. The predicted molar refractivity (Wildman–Crippen MR) is 55.9 cm³/mol. The summed E-state index contributed by atoms with van der Waals surface area (Å²) < 4.78 is 0. The Hall–Kier alpha value is -2.72. The molecule has 16 heavy (non-hydrogen) atoms. The molecule has 4 nitrogen and oxygen atoms in total. The van der Waals surface area contributed by atoms with Gasteiger partial charge in [-0.15, -0.1) is 0 Å². The van der Waals surface area contributed by atoms with E-state index in [1.807, 2.05) is 0 Å². The smallest absolute Gasteiger partial charge is 0.193 e. The van der Waals surface area contributed by atoms with E-state index in [1.165, 1.54) is 12.4 Å². The summed E-state index contributed by atoms with van der Waals surface area (Å²) in [5, 5.41) is 17.6. The molecule has 0 fully saturated rings. The molecular formula is C12H5N3O. The van der Waals surface area contributed by atoms with Crippen LogP contribution in [0.5, 0.6) is 0 Å². The quantitative estimate of drug-likeness (QED) is 0.478. The predicted octanol–water partition coefficient (Wildman–Crippen LogP) is 1.63. The number of carbonyl (C=O) groups is 1. The first-order chi connectivity index (χ1) is 7.70. The molecule has 0 radical (unpaired) electrons. The van der Waals surface area contributed by atoms with Crippen molar-refractivity contribution in [2.24, 2.45) is 0 Å². The second-order valence-electron chi connectivity index (χ2n) is 3.20. The van der Waals surface area contributed by atoms with Crippen LogP contribution in [0.15, 0.2) is 36.2 Å². The number of carbonyl (C=O) groups excluding carboxylic acids is 1. The molecule has 1 aromatic heterocycles. The largest absolute Gasteiger partial charge is 0.289 e. The van der Waals surface area contributed by atoms with Gasteiger partial charge in [0.05, 0.1) is 0 Å². The number of nitriles is 2. The molecule has 1 aromatic rings. The lowest BCUT2D eigenvalue weighted by Gasteiger charge is -1.97. The number of rotatable bonds is 0. The molecule has 0 spiro atoms. The third-order valence-electron chi connectivity index (χ3n) is 2.38. The molecule has 2 rings (SSSR count). The average molecular weight is 207 g/mol. The number of Topliss-reactive ketones (excluding diaryl/α,β-unsaturated/α-hetero) is 1. The van der Waals surface area contributed by atoms with Crippen LogP contribution in [0.3, 0.4) is 0 Å². The summed E-state index contributed by atoms with van der Waals surface area (Å²) >= 11 is 0. The Kier molecular flexibility index (Phi) is 2.12. The fourth-order valence-electron chi connectivity index (χ4n) is 1.65. The van der Waals surface area contributed by atoms with Crippen LogP contribution in [0.2, 0.25) is 0 Å². The number of nitrogens with zero attached hydrogens (tertiary/aromatic N) is 3. The Morgan fingerprint density at radius 2 is 2.00 bits per heavy atom. The first kappa shape index (κ1) is 9.82. The van der Waals surface area contributed by atoms with Gasteiger partial charge in [-0.1, -0.05) is 6.58 Å². The van der Waals surface area contributed by atoms with Gasteiger partial charge in [0.2, 0.25) is 0 Å². The van der Waals surface area contributed by atoms with Crippen LogP contribution in [0, 0.1) is 22.7 Å². The zero-order chi connectivity index (χ0) is 11.7. The van der Waals surface area contributed by atoms with Crippen molar-refractivity contribution in [3.8, 4) is 12.1 Å². The SMILES string of the molecule is C=C1C(=O)c2ccncc2C1=C(C#N)C#N. The summed E-state index contributed by atoms with van der Waals surface area (Å²) in [6.45, 7) is 3.61. The number of pyridine rings is 1. The summed E-state index contributed by atoms with van der Waals surface area (Å²) in [6, 6.07) is 5.08. The van der Waals surface area contributed by atoms with Crippen molar-refractivity contribution in [3.05, 3.63) is 47.3 Å². The summed E-state index contributed by atoms with van der Waals surface area (Å²) in [7, 11) is 0. The van der Waals surface area contributed by atoms with E-state index in [0.29, 0.717) is 16.7 Å². The minimum absolute atomic E-state index is 0.106. The fraction of sp³-hybridized carbons (Fsp3) is 0. The molecule has 0 aliphatic heterocycles. The molecule has 0 saturated heterocycles. The molecule has 0 N–H and O–H groups in total. The number of hydrogen-bond donors (Lipinski definition) is 0. The maximum Gasteiger partial charge on any atom is 0.193 e. The van der Waals surface area contributed by atoms with Gasteiger partial charge in [-0.25, -0.2) is 0 Å². The number of hydrogen-bond acceptors (Lipinski definition) is 4. The standard InChI is InChI=1S/C12H5N3O/c1-7-11(8(4-13)5-14)10-6-15-3-2-9(10)12(7)16/h2-3,6H,1H2. The third-order valence-corrected chi connectivity index (χ3v) is 2.38. The van der Waals surface area contributed by atoms with Gasteiger partial charge in [0.1, 0.15) is 17.7 Å². The Morgan fingerprint density at radius 1 is 1.31 bits per heavy atom. The molecule has 0 unspecified atom stereocenters. The Bertz CT molecular complexity index is 610. The van der Waals surface area contributed by atoms with Crippen molar-refractivity contribution in [2.45, 2.75) is 0 Å². The van der Waals surface area contributed by atoms with Crippen molar-refractivity contribution in [2.75, 3.05) is 0 Å². The Morgan fingerprint density at radius 3 is 2.62 bits per heavy atom. The molecular weight excluding hydrogens is 202 g/mol. The molecule has 0 atom stereocenters. The highest BCUT2D eigenvalue weighted by molar-refractivity contribution is 6.27. The van der Waals surface area contributed by atoms with E-state index < -0.39 is 0 Å². The van der Waals surface area contributed by atoms with Gasteiger partial charge < -0.3 is 0 Å². The second kappa shape index (κ2) is 3.45. The third kappa shape index (κ3) is 1.14. The van der Waals surface area contributed by atoms with Gasteiger partial charge in [0.25, 0.3) is 0 Å². The van der Waals surface area contributed by atoms with Crippen molar-refractivity contribution in [3.63, 3.8) is 0 Å². The molecule has 4 heteroatoms. The molecule has 1 aliphatic rings. The normalized spacial score (nSPS) is 13.0. The van der Waals surface area contributed by atoms with Crippen LogP contribution in [0.25, 0.3) is 5.57 Å². The van der Waals surface area contributed by atoms with E-state index in [-0.39, 0.29) is 16.9 Å². The van der Waals surface area contributed by atoms with Crippen molar-refractivity contribution < 1.29 is 4.79 Å². The molecule has 74 valence electrons. The van der Waals surface area contributed by atoms with Gasteiger partial charge in [-0.3, -0.25) is 9.78 Å². The average Bonchev–Trinajstić information content (AvgIpc) is 2.57. The van der Waals surface area contributed by atoms with E-state index in [2.05, 4.69) is 11.6 Å². The van der Waals surface area contributed by atoms with Gasteiger partial charge in [-0.05, 0) is 6.07 Å². The Labute approximate surface area is 91.8 Å². The first-order valence-corrected chi connectivity index (χ1v) is 4.43. The van der Waals surface area contributed by atoms with Crippen LogP contribution < -0.4 is 0 Å². The lowest BCUT2D eigenvalue weighted by molar-refractivity contribution is 0.104. The van der Waals surface area contributed by atoms with Crippen molar-refractivity contribution in [1.29, 1.82) is 10.5 Å². The van der Waals surface area contributed by atoms with Gasteiger partial charge in [0, 0.05) is 34.7 Å². The number of aromatic nitrogens is 1. The lowest BCUT2D eigenvalue weighted by Crippen LogP contribution is -1.93. The van der Waals surface area contributed by atoms with Gasteiger partial charge >= 0.3 is 0 Å². The summed E-state index contributed by atoms with van der Waals surface area (Å²) in [4.78, 5) is 15.6. The second-order valence-corrected chi connectivity index (χ2v) is 3.20. The van der Waals surface area contributed by atoms with E-state index in [1.54, 1.807) is 18.2 Å². The first-order valence-electron chi connectivity index (χ1n) is 4.43. The molecule has 1 aliphatic carbocycles. The zero-order valence-electron chi connectivity index (χ0n) is 8.19. The maximum absolute atomic E-state index is 11.8. The van der Waals surface area contributed by atoms with Crippen LogP contribution in [-0.2, 0) is 0 Å². The van der Waals surface area contributed by atoms with Crippen LogP contribution in [0.4, 0.5) is 0 Å². The number of allylic oxidation sites excluding steroid dienone is 3. The van der Waals surface area contributed by atoms with Crippen molar-refractivity contribution in [1.82, 2.24) is 4.98 Å². The Balaban J connectivity index is 2.84. The summed E-state index contributed by atoms with van der Waals surface area (Å²) in [5.74, 6) is -0.254. The monoisotopic (exact) mass is 207 g/mol. The van der Waals surface area contributed by atoms with Crippen molar-refractivity contribution >= 4 is 11.4 Å². The molecule has 0 amide bonds. The van der Waals surface area contributed by atoms with Gasteiger partial charge in [-0.2, -0.15) is 10.5 Å². The maximum atomic E-state index is 11.8. The van der Waals surface area contributed by atoms with E-state index >= 15 is 0 Å². The van der Waals surface area contributed by atoms with E-state index in [0.717, 1.165) is 0 Å². The minimum atomic E-state index is -0.254. The van der Waals surface area contributed by atoms with Crippen LogP contribution >= 0.6 is 0 Å².